The molecule has 5 rings (SSSR count). The van der Waals surface area contributed by atoms with Crippen LogP contribution in [0, 0.1) is 0 Å². The molecule has 1 atom stereocenters. The maximum Gasteiger partial charge on any atom is 0.264 e. The first kappa shape index (κ1) is 35.3. The minimum Gasteiger partial charge on any atom is -0.497 e. The third-order valence-corrected chi connectivity index (χ3v) is 10.8. The Hall–Kier alpha value is -4.05. The van der Waals surface area contributed by atoms with Gasteiger partial charge in [0.25, 0.3) is 10.0 Å². The predicted octanol–water partition coefficient (Wildman–Crippen LogP) is 7.29. The predicted molar refractivity (Wildman–Crippen MR) is 190 cm³/mol. The summed E-state index contributed by atoms with van der Waals surface area (Å²) in [4.78, 5) is 30.4. The lowest BCUT2D eigenvalue weighted by Gasteiger charge is -2.35. The van der Waals surface area contributed by atoms with Crippen molar-refractivity contribution in [1.82, 2.24) is 10.2 Å². The minimum absolute atomic E-state index is 0.00605. The largest absolute Gasteiger partial charge is 0.497 e. The maximum absolute atomic E-state index is 14.7. The summed E-state index contributed by atoms with van der Waals surface area (Å²) in [6.07, 6.45) is 5.15. The first-order valence-corrected chi connectivity index (χ1v) is 18.1. The second-order valence-electron chi connectivity index (χ2n) is 11.9. The van der Waals surface area contributed by atoms with Gasteiger partial charge in [-0.2, -0.15) is 0 Å². The van der Waals surface area contributed by atoms with Gasteiger partial charge in [0.1, 0.15) is 18.3 Å². The number of nitrogens with one attached hydrogen (secondary N) is 1. The molecule has 1 unspecified atom stereocenters. The zero-order valence-corrected chi connectivity index (χ0v) is 29.1. The van der Waals surface area contributed by atoms with E-state index in [2.05, 4.69) is 5.32 Å². The number of methoxy groups -OCH3 is 1. The summed E-state index contributed by atoms with van der Waals surface area (Å²) in [6.45, 7) is -0.548. The number of halogens is 2. The molecule has 1 N–H and O–H groups in total. The molecule has 0 bridgehead atoms. The summed E-state index contributed by atoms with van der Waals surface area (Å²) in [5.74, 6) is -0.246. The van der Waals surface area contributed by atoms with Crippen LogP contribution in [0.1, 0.15) is 43.2 Å². The first-order valence-electron chi connectivity index (χ1n) is 15.9. The monoisotopic (exact) mass is 707 g/mol. The molecule has 252 valence electrons. The number of rotatable bonds is 13. The van der Waals surface area contributed by atoms with Gasteiger partial charge in [0, 0.05) is 29.1 Å². The Kier molecular flexibility index (Phi) is 12.0. The van der Waals surface area contributed by atoms with Crippen LogP contribution in [-0.2, 0) is 32.6 Å². The van der Waals surface area contributed by atoms with E-state index in [1.807, 2.05) is 42.5 Å². The molecule has 1 aliphatic carbocycles. The van der Waals surface area contributed by atoms with Crippen LogP contribution in [0.4, 0.5) is 5.69 Å². The van der Waals surface area contributed by atoms with E-state index in [1.165, 1.54) is 35.2 Å². The number of sulfonamides is 1. The summed E-state index contributed by atoms with van der Waals surface area (Å²) >= 11 is 12.4. The van der Waals surface area contributed by atoms with Crippen LogP contribution in [0.15, 0.2) is 108 Å². The Labute approximate surface area is 292 Å². The van der Waals surface area contributed by atoms with E-state index in [-0.39, 0.29) is 35.5 Å². The molecule has 48 heavy (non-hydrogen) atoms. The molecule has 0 aromatic heterocycles. The van der Waals surface area contributed by atoms with Crippen LogP contribution in [0.5, 0.6) is 5.75 Å². The van der Waals surface area contributed by atoms with E-state index >= 15 is 0 Å². The van der Waals surface area contributed by atoms with Crippen LogP contribution in [0.2, 0.25) is 10.0 Å². The van der Waals surface area contributed by atoms with E-state index in [1.54, 1.807) is 37.4 Å². The SMILES string of the molecule is COc1cccc(CN(C(=O)CN(c2cccc(Cl)c2)S(=O)(=O)c2ccc(Cl)cc2)C(Cc2ccccc2)C(=O)NC2CCCCC2)c1. The third-order valence-electron chi connectivity index (χ3n) is 8.49. The summed E-state index contributed by atoms with van der Waals surface area (Å²) in [5, 5.41) is 3.89. The Bertz CT molecular complexity index is 1800. The van der Waals surface area contributed by atoms with Gasteiger partial charge < -0.3 is 15.0 Å². The molecular weight excluding hydrogens is 669 g/mol. The van der Waals surface area contributed by atoms with Gasteiger partial charge >= 0.3 is 0 Å². The summed E-state index contributed by atoms with van der Waals surface area (Å²) in [7, 11) is -2.72. The van der Waals surface area contributed by atoms with Gasteiger partial charge in [-0.15, -0.1) is 0 Å². The van der Waals surface area contributed by atoms with Crippen LogP contribution in [0.3, 0.4) is 0 Å². The molecule has 11 heteroatoms. The summed E-state index contributed by atoms with van der Waals surface area (Å²) in [5.41, 5.74) is 1.80. The van der Waals surface area contributed by atoms with Gasteiger partial charge in [0.2, 0.25) is 11.8 Å². The number of amides is 2. The van der Waals surface area contributed by atoms with E-state index in [9.17, 15) is 18.0 Å². The lowest BCUT2D eigenvalue weighted by atomic mass is 9.94. The quantitative estimate of drug-likeness (QED) is 0.158. The fraction of sp³-hybridized carbons (Fsp3) is 0.297. The number of benzene rings is 4. The Morgan fingerprint density at radius 3 is 2.21 bits per heavy atom. The molecule has 0 heterocycles. The number of anilines is 1. The molecule has 8 nitrogen and oxygen atoms in total. The van der Waals surface area contributed by atoms with Crippen molar-refractivity contribution in [2.45, 2.75) is 62.0 Å². The highest BCUT2D eigenvalue weighted by atomic mass is 35.5. The summed E-state index contributed by atoms with van der Waals surface area (Å²) < 4.78 is 34.8. The van der Waals surface area contributed by atoms with E-state index < -0.39 is 28.5 Å². The van der Waals surface area contributed by atoms with Crippen molar-refractivity contribution in [3.8, 4) is 5.75 Å². The topological polar surface area (TPSA) is 96.0 Å². The van der Waals surface area contributed by atoms with Gasteiger partial charge in [0.15, 0.2) is 0 Å². The molecule has 1 saturated carbocycles. The number of hydrogen-bond donors (Lipinski definition) is 1. The molecule has 4 aromatic rings. The summed E-state index contributed by atoms with van der Waals surface area (Å²) in [6, 6.07) is 27.9. The fourth-order valence-electron chi connectivity index (χ4n) is 5.96. The highest BCUT2D eigenvalue weighted by Crippen LogP contribution is 2.28. The van der Waals surface area contributed by atoms with Gasteiger partial charge in [-0.1, -0.05) is 91.0 Å². The Morgan fingerprint density at radius 2 is 1.52 bits per heavy atom. The molecule has 0 aliphatic heterocycles. The van der Waals surface area contributed by atoms with Crippen molar-refractivity contribution >= 4 is 50.7 Å². The minimum atomic E-state index is -4.28. The molecule has 4 aromatic carbocycles. The number of hydrogen-bond acceptors (Lipinski definition) is 5. The smallest absolute Gasteiger partial charge is 0.264 e. The van der Waals surface area contributed by atoms with Crippen LogP contribution in [0.25, 0.3) is 0 Å². The van der Waals surface area contributed by atoms with Crippen molar-refractivity contribution in [2.75, 3.05) is 18.0 Å². The third kappa shape index (κ3) is 9.09. The average Bonchev–Trinajstić information content (AvgIpc) is 3.09. The van der Waals surface area contributed by atoms with Crippen molar-refractivity contribution in [1.29, 1.82) is 0 Å². The number of carbonyl (C=O) groups excluding carboxylic acids is 2. The number of ether oxygens (including phenoxy) is 1. The molecule has 1 aliphatic rings. The van der Waals surface area contributed by atoms with Gasteiger partial charge in [-0.3, -0.25) is 13.9 Å². The fourth-order valence-corrected chi connectivity index (χ4v) is 7.68. The average molecular weight is 709 g/mol. The highest BCUT2D eigenvalue weighted by Gasteiger charge is 2.35. The van der Waals surface area contributed by atoms with Gasteiger partial charge in [-0.25, -0.2) is 8.42 Å². The van der Waals surface area contributed by atoms with E-state index in [0.717, 1.165) is 47.5 Å². The van der Waals surface area contributed by atoms with Crippen molar-refractivity contribution in [3.63, 3.8) is 0 Å². The van der Waals surface area contributed by atoms with Gasteiger partial charge in [0.05, 0.1) is 17.7 Å². The van der Waals surface area contributed by atoms with E-state index in [4.69, 9.17) is 27.9 Å². The van der Waals surface area contributed by atoms with Crippen LogP contribution < -0.4 is 14.4 Å². The standard InChI is InChI=1S/C37H39Cl2N3O5S/c1-47-33-17-8-12-28(22-33)25-41(35(23-27-10-4-2-5-11-27)37(44)40-31-14-6-3-7-15-31)36(43)26-42(32-16-9-13-30(39)24-32)48(45,46)34-20-18-29(38)19-21-34/h2,4-5,8-13,16-22,24,31,35H,3,6-7,14-15,23,25-26H2,1H3,(H,40,44). The normalized spacial score (nSPS) is 14.1. The molecular formula is C37H39Cl2N3O5S. The zero-order valence-electron chi connectivity index (χ0n) is 26.7. The number of carbonyl (C=O) groups is 2. The highest BCUT2D eigenvalue weighted by molar-refractivity contribution is 7.92. The van der Waals surface area contributed by atoms with Crippen LogP contribution >= 0.6 is 23.2 Å². The number of nitrogens with zero attached hydrogens (tertiary/aromatic N) is 2. The zero-order chi connectivity index (χ0) is 34.1. The second-order valence-corrected chi connectivity index (χ2v) is 14.6. The molecule has 1 fully saturated rings. The first-order chi connectivity index (χ1) is 23.1. The van der Waals surface area contributed by atoms with Crippen molar-refractivity contribution in [3.05, 3.63) is 124 Å². The maximum atomic E-state index is 14.7. The molecule has 0 spiro atoms. The molecule has 2 amide bonds. The Balaban J connectivity index is 1.57. The lowest BCUT2D eigenvalue weighted by Crippen LogP contribution is -2.55. The van der Waals surface area contributed by atoms with Crippen molar-refractivity contribution in [2.24, 2.45) is 0 Å². The van der Waals surface area contributed by atoms with E-state index in [0.29, 0.717) is 15.8 Å². The van der Waals surface area contributed by atoms with Crippen molar-refractivity contribution < 1.29 is 22.7 Å². The second kappa shape index (κ2) is 16.4. The van der Waals surface area contributed by atoms with Gasteiger partial charge in [-0.05, 0) is 78.6 Å². The van der Waals surface area contributed by atoms with Crippen LogP contribution in [-0.4, -0.2) is 50.9 Å². The Morgan fingerprint density at radius 1 is 0.833 bits per heavy atom. The molecule has 0 saturated heterocycles. The lowest BCUT2D eigenvalue weighted by molar-refractivity contribution is -0.140. The molecule has 0 radical (unpaired) electrons.